The van der Waals surface area contributed by atoms with Gasteiger partial charge in [-0.2, -0.15) is 11.3 Å². The largest absolute Gasteiger partial charge is 0.152 e. The highest BCUT2D eigenvalue weighted by molar-refractivity contribution is 7.07. The van der Waals surface area contributed by atoms with Crippen molar-refractivity contribution in [1.29, 1.82) is 0 Å². The van der Waals surface area contributed by atoms with Crippen LogP contribution in [0.2, 0.25) is 0 Å². The highest BCUT2D eigenvalue weighted by Gasteiger charge is 1.60. The van der Waals surface area contributed by atoms with E-state index in [9.17, 15) is 0 Å². The molecule has 2 heterocycles. The molecule has 0 saturated heterocycles. The summed E-state index contributed by atoms with van der Waals surface area (Å²) in [5, 5.41) is 8.79. The lowest BCUT2D eigenvalue weighted by molar-refractivity contribution is 1.99. The molecular formula is C8H6S2. The van der Waals surface area contributed by atoms with Gasteiger partial charge in [0.15, 0.2) is 0 Å². The van der Waals surface area contributed by atoms with Crippen LogP contribution >= 0.6 is 22.7 Å². The molecule has 2 radical (unpaired) electrons. The molecule has 0 atom stereocenters. The first-order chi connectivity index (χ1) is 5.00. The lowest BCUT2D eigenvalue weighted by atomic mass is 10.7. The average Bonchev–Trinajstić information content (AvgIpc) is 2.67. The summed E-state index contributed by atoms with van der Waals surface area (Å²) >= 11 is 3.25. The van der Waals surface area contributed by atoms with Gasteiger partial charge in [-0.25, -0.2) is 0 Å². The molecule has 0 aliphatic carbocycles. The highest BCUT2D eigenvalue weighted by atomic mass is 32.1. The fraction of sp³-hybridized carbons (Fsp3) is 0. The van der Waals surface area contributed by atoms with Crippen LogP contribution in [0.4, 0.5) is 0 Å². The van der Waals surface area contributed by atoms with Gasteiger partial charge in [0.05, 0.1) is 0 Å². The Morgan fingerprint density at radius 3 is 2.30 bits per heavy atom. The lowest BCUT2D eigenvalue weighted by Crippen LogP contribution is -1.19. The molecule has 2 rings (SSSR count). The van der Waals surface area contributed by atoms with Crippen LogP contribution in [-0.2, 0) is 0 Å². The van der Waals surface area contributed by atoms with Crippen molar-refractivity contribution in [3.8, 4) is 0 Å². The Morgan fingerprint density at radius 1 is 1.10 bits per heavy atom. The van der Waals surface area contributed by atoms with Crippen LogP contribution in [-0.4, -0.2) is 0 Å². The third kappa shape index (κ3) is 3.43. The van der Waals surface area contributed by atoms with Crippen LogP contribution in [0, 0.1) is 11.4 Å². The van der Waals surface area contributed by atoms with Crippen LogP contribution in [0.5, 0.6) is 0 Å². The maximum absolute atomic E-state index is 2.90. The third-order valence-electron chi connectivity index (χ3n) is 0.758. The molecule has 2 aromatic heterocycles. The molecule has 10 heavy (non-hydrogen) atoms. The van der Waals surface area contributed by atoms with E-state index in [1.54, 1.807) is 22.7 Å². The molecule has 0 bridgehead atoms. The van der Waals surface area contributed by atoms with Crippen molar-refractivity contribution in [2.45, 2.75) is 0 Å². The van der Waals surface area contributed by atoms with Crippen molar-refractivity contribution in [3.63, 3.8) is 0 Å². The van der Waals surface area contributed by atoms with Crippen LogP contribution < -0.4 is 0 Å². The molecule has 2 heteroatoms. The SMILES string of the molecule is [c]1cccs1.[c]1ccsc1. The van der Waals surface area contributed by atoms with Crippen molar-refractivity contribution in [2.24, 2.45) is 0 Å². The Balaban J connectivity index is 0.0000001000. The molecule has 2 aromatic rings. The fourth-order valence-electron chi connectivity index (χ4n) is 0.393. The van der Waals surface area contributed by atoms with E-state index in [2.05, 4.69) is 11.4 Å². The van der Waals surface area contributed by atoms with Crippen molar-refractivity contribution >= 4 is 22.7 Å². The monoisotopic (exact) mass is 166 g/mol. The lowest BCUT2D eigenvalue weighted by Gasteiger charge is -1.39. The highest BCUT2D eigenvalue weighted by Crippen LogP contribution is 1.90. The second-order valence-electron chi connectivity index (χ2n) is 1.45. The van der Waals surface area contributed by atoms with E-state index in [0.717, 1.165) is 0 Å². The maximum atomic E-state index is 2.90. The normalized spacial score (nSPS) is 8.00. The summed E-state index contributed by atoms with van der Waals surface area (Å²) in [4.78, 5) is 0. The number of hydrogen-bond donors (Lipinski definition) is 0. The Bertz CT molecular complexity index is 146. The molecular weight excluding hydrogens is 160 g/mol. The summed E-state index contributed by atoms with van der Waals surface area (Å²) in [5.41, 5.74) is 0. The molecule has 0 N–H and O–H groups in total. The van der Waals surface area contributed by atoms with Crippen LogP contribution in [0.15, 0.2) is 34.3 Å². The standard InChI is InChI=1S/2C4H3S/c2*1-2-4-5-3-1/h1,3-4H;1-3H. The number of rotatable bonds is 0. The maximum Gasteiger partial charge on any atom is 0.0442 e. The second-order valence-corrected chi connectivity index (χ2v) is 2.98. The van der Waals surface area contributed by atoms with Crippen LogP contribution in [0.1, 0.15) is 0 Å². The zero-order valence-corrected chi connectivity index (χ0v) is 6.91. The van der Waals surface area contributed by atoms with E-state index in [0.29, 0.717) is 0 Å². The molecule has 0 saturated carbocycles. The van der Waals surface area contributed by atoms with Crippen LogP contribution in [0.25, 0.3) is 0 Å². The van der Waals surface area contributed by atoms with E-state index >= 15 is 0 Å². The number of thiophene rings is 2. The van der Waals surface area contributed by atoms with Gasteiger partial charge in [-0.05, 0) is 34.3 Å². The van der Waals surface area contributed by atoms with E-state index < -0.39 is 0 Å². The quantitative estimate of drug-likeness (QED) is 0.564. The average molecular weight is 166 g/mol. The first-order valence-electron chi connectivity index (χ1n) is 2.78. The minimum Gasteiger partial charge on any atom is -0.152 e. The van der Waals surface area contributed by atoms with Gasteiger partial charge in [0.2, 0.25) is 0 Å². The Hall–Kier alpha value is -0.600. The predicted molar refractivity (Wildman–Crippen MR) is 46.3 cm³/mol. The predicted octanol–water partition coefficient (Wildman–Crippen LogP) is 3.10. The Labute approximate surface area is 68.8 Å². The molecule has 0 amide bonds. The Kier molecular flexibility index (Phi) is 3.91. The van der Waals surface area contributed by atoms with E-state index in [1.807, 2.05) is 34.3 Å². The van der Waals surface area contributed by atoms with Crippen molar-refractivity contribution in [1.82, 2.24) is 0 Å². The smallest absolute Gasteiger partial charge is 0.0442 e. The van der Waals surface area contributed by atoms with E-state index in [-0.39, 0.29) is 0 Å². The number of hydrogen-bond acceptors (Lipinski definition) is 2. The van der Waals surface area contributed by atoms with Gasteiger partial charge in [-0.15, -0.1) is 11.3 Å². The van der Waals surface area contributed by atoms with Gasteiger partial charge in [0.1, 0.15) is 0 Å². The van der Waals surface area contributed by atoms with Gasteiger partial charge in [0, 0.05) is 5.38 Å². The summed E-state index contributed by atoms with van der Waals surface area (Å²) in [6, 6.07) is 8.63. The van der Waals surface area contributed by atoms with Gasteiger partial charge < -0.3 is 0 Å². The minimum absolute atomic E-state index is 1.59. The van der Waals surface area contributed by atoms with Gasteiger partial charge in [-0.3, -0.25) is 0 Å². The summed E-state index contributed by atoms with van der Waals surface area (Å²) < 4.78 is 0. The van der Waals surface area contributed by atoms with Gasteiger partial charge in [0.25, 0.3) is 0 Å². The van der Waals surface area contributed by atoms with Crippen molar-refractivity contribution in [3.05, 3.63) is 45.8 Å². The van der Waals surface area contributed by atoms with Gasteiger partial charge in [-0.1, -0.05) is 6.07 Å². The molecule has 0 nitrogen and oxygen atoms in total. The van der Waals surface area contributed by atoms with E-state index in [1.165, 1.54) is 0 Å². The first kappa shape index (κ1) is 7.51. The third-order valence-corrected chi connectivity index (χ3v) is 1.89. The molecule has 0 fully saturated rings. The van der Waals surface area contributed by atoms with Crippen molar-refractivity contribution < 1.29 is 0 Å². The Morgan fingerprint density at radius 2 is 2.10 bits per heavy atom. The molecule has 0 aliphatic heterocycles. The zero-order chi connectivity index (χ0) is 7.07. The zero-order valence-electron chi connectivity index (χ0n) is 5.28. The fourth-order valence-corrected chi connectivity index (χ4v) is 1.18. The topological polar surface area (TPSA) is 0 Å². The molecule has 50 valence electrons. The summed E-state index contributed by atoms with van der Waals surface area (Å²) in [7, 11) is 0. The van der Waals surface area contributed by atoms with Crippen molar-refractivity contribution in [2.75, 3.05) is 0 Å². The molecule has 0 unspecified atom stereocenters. The molecule has 0 spiro atoms. The molecule has 0 aromatic carbocycles. The summed E-state index contributed by atoms with van der Waals surface area (Å²) in [6.45, 7) is 0. The first-order valence-corrected chi connectivity index (χ1v) is 4.60. The molecule has 0 aliphatic rings. The summed E-state index contributed by atoms with van der Waals surface area (Å²) in [6.07, 6.45) is 0. The summed E-state index contributed by atoms with van der Waals surface area (Å²) in [5.74, 6) is 0. The van der Waals surface area contributed by atoms with E-state index in [4.69, 9.17) is 0 Å². The van der Waals surface area contributed by atoms with Gasteiger partial charge >= 0.3 is 0 Å². The second kappa shape index (κ2) is 5.21. The van der Waals surface area contributed by atoms with Crippen LogP contribution in [0.3, 0.4) is 0 Å². The minimum atomic E-state index is 1.59.